The molecule has 0 radical (unpaired) electrons. The van der Waals surface area contributed by atoms with Gasteiger partial charge in [-0.25, -0.2) is 0 Å². The van der Waals surface area contributed by atoms with Crippen molar-refractivity contribution < 1.29 is 0 Å². The summed E-state index contributed by atoms with van der Waals surface area (Å²) < 4.78 is 0. The Balaban J connectivity index is 1.94. The van der Waals surface area contributed by atoms with Crippen molar-refractivity contribution in [3.8, 4) is 19.5 Å². The summed E-state index contributed by atoms with van der Waals surface area (Å²) in [6, 6.07) is 13.0. The van der Waals surface area contributed by atoms with Crippen LogP contribution in [0.1, 0.15) is 9.75 Å². The van der Waals surface area contributed by atoms with Crippen LogP contribution in [0.4, 0.5) is 0 Å². The van der Waals surface area contributed by atoms with Gasteiger partial charge in [-0.1, -0.05) is 25.3 Å². The minimum absolute atomic E-state index is 1.22. The highest BCUT2D eigenvalue weighted by Crippen LogP contribution is 2.40. The molecule has 94 valence electrons. The summed E-state index contributed by atoms with van der Waals surface area (Å²) in [5, 5.41) is 0. The lowest BCUT2D eigenvalue weighted by Gasteiger charge is -1.90. The molecule has 0 N–H and O–H groups in total. The summed E-state index contributed by atoms with van der Waals surface area (Å²) in [5.74, 6) is 0. The van der Waals surface area contributed by atoms with Gasteiger partial charge in [0, 0.05) is 29.3 Å². The van der Waals surface area contributed by atoms with Crippen LogP contribution in [-0.4, -0.2) is 0 Å². The first-order valence-electron chi connectivity index (χ1n) is 5.85. The molecule has 3 heteroatoms. The molecule has 19 heavy (non-hydrogen) atoms. The lowest BCUT2D eigenvalue weighted by Crippen LogP contribution is -1.57. The van der Waals surface area contributed by atoms with Crippen LogP contribution in [0.15, 0.2) is 49.6 Å². The van der Waals surface area contributed by atoms with Crippen LogP contribution in [-0.2, 0) is 0 Å². The SMILES string of the molecule is C=Cc1ccc(-c2ccc(-c3ccc(C=C)s3)s2)s1. The largest absolute Gasteiger partial charge is 0.135 e. The van der Waals surface area contributed by atoms with Crippen LogP contribution < -0.4 is 0 Å². The van der Waals surface area contributed by atoms with Crippen molar-refractivity contribution in [3.63, 3.8) is 0 Å². The zero-order valence-corrected chi connectivity index (χ0v) is 12.7. The van der Waals surface area contributed by atoms with E-state index in [2.05, 4.69) is 49.6 Å². The van der Waals surface area contributed by atoms with Crippen molar-refractivity contribution in [1.29, 1.82) is 0 Å². The molecule has 0 fully saturated rings. The van der Waals surface area contributed by atoms with Gasteiger partial charge in [-0.05, 0) is 36.4 Å². The Labute approximate surface area is 125 Å². The predicted octanol–water partition coefficient (Wildman–Crippen LogP) is 6.49. The van der Waals surface area contributed by atoms with Crippen LogP contribution in [0.2, 0.25) is 0 Å². The topological polar surface area (TPSA) is 0 Å². The Kier molecular flexibility index (Phi) is 3.51. The maximum Gasteiger partial charge on any atom is 0.0449 e. The lowest BCUT2D eigenvalue weighted by atomic mass is 10.3. The first-order chi connectivity index (χ1) is 9.30. The van der Waals surface area contributed by atoms with E-state index in [4.69, 9.17) is 0 Å². The van der Waals surface area contributed by atoms with Crippen molar-refractivity contribution in [2.45, 2.75) is 0 Å². The maximum absolute atomic E-state index is 3.81. The fraction of sp³-hybridized carbons (Fsp3) is 0. The van der Waals surface area contributed by atoms with Gasteiger partial charge in [-0.3, -0.25) is 0 Å². The van der Waals surface area contributed by atoms with E-state index in [1.807, 2.05) is 23.5 Å². The molecule has 0 aromatic carbocycles. The molecule has 0 spiro atoms. The normalized spacial score (nSPS) is 10.5. The van der Waals surface area contributed by atoms with Gasteiger partial charge in [0.15, 0.2) is 0 Å². The first-order valence-corrected chi connectivity index (χ1v) is 8.30. The molecular formula is C16H12S3. The summed E-state index contributed by atoms with van der Waals surface area (Å²) in [7, 11) is 0. The molecule has 0 saturated heterocycles. The molecule has 0 unspecified atom stereocenters. The van der Waals surface area contributed by atoms with E-state index in [1.165, 1.54) is 29.3 Å². The Hall–Kier alpha value is -1.42. The van der Waals surface area contributed by atoms with Crippen molar-refractivity contribution >= 4 is 46.2 Å². The van der Waals surface area contributed by atoms with Gasteiger partial charge in [0.1, 0.15) is 0 Å². The van der Waals surface area contributed by atoms with Gasteiger partial charge in [-0.2, -0.15) is 0 Å². The predicted molar refractivity (Wildman–Crippen MR) is 91.1 cm³/mol. The molecule has 3 heterocycles. The van der Waals surface area contributed by atoms with Crippen LogP contribution >= 0.6 is 34.0 Å². The van der Waals surface area contributed by atoms with E-state index in [1.54, 1.807) is 22.7 Å². The molecule has 0 nitrogen and oxygen atoms in total. The molecule has 0 aliphatic rings. The highest BCUT2D eigenvalue weighted by molar-refractivity contribution is 7.26. The second kappa shape index (κ2) is 5.29. The Morgan fingerprint density at radius 1 is 0.579 bits per heavy atom. The van der Waals surface area contributed by atoms with E-state index in [0.29, 0.717) is 0 Å². The third-order valence-corrected chi connectivity index (χ3v) is 6.39. The molecule has 0 bridgehead atoms. The first kappa shape index (κ1) is 12.6. The van der Waals surface area contributed by atoms with Crippen molar-refractivity contribution in [3.05, 3.63) is 59.3 Å². The average Bonchev–Trinajstić information content (AvgIpc) is 3.16. The van der Waals surface area contributed by atoms with Crippen molar-refractivity contribution in [2.75, 3.05) is 0 Å². The summed E-state index contributed by atoms with van der Waals surface area (Å²) in [6.07, 6.45) is 3.80. The highest BCUT2D eigenvalue weighted by Gasteiger charge is 2.08. The Bertz CT molecular complexity index is 664. The van der Waals surface area contributed by atoms with E-state index >= 15 is 0 Å². The van der Waals surface area contributed by atoms with Gasteiger partial charge in [0.05, 0.1) is 0 Å². The number of thiophene rings is 3. The molecule has 0 atom stereocenters. The quantitative estimate of drug-likeness (QED) is 0.516. The van der Waals surface area contributed by atoms with E-state index in [0.717, 1.165) is 0 Å². The van der Waals surface area contributed by atoms with E-state index < -0.39 is 0 Å². The third kappa shape index (κ3) is 2.50. The van der Waals surface area contributed by atoms with E-state index in [-0.39, 0.29) is 0 Å². The lowest BCUT2D eigenvalue weighted by molar-refractivity contribution is 1.90. The zero-order valence-electron chi connectivity index (χ0n) is 10.3. The summed E-state index contributed by atoms with van der Waals surface area (Å²) in [4.78, 5) is 7.70. The minimum Gasteiger partial charge on any atom is -0.135 e. The molecule has 0 amide bonds. The molecular weight excluding hydrogens is 288 g/mol. The molecule has 3 aromatic heterocycles. The Morgan fingerprint density at radius 2 is 0.947 bits per heavy atom. The second-order valence-corrected chi connectivity index (χ2v) is 7.29. The molecule has 3 rings (SSSR count). The molecule has 3 aromatic rings. The average molecular weight is 300 g/mol. The Morgan fingerprint density at radius 3 is 1.32 bits per heavy atom. The number of rotatable bonds is 4. The van der Waals surface area contributed by atoms with Gasteiger partial charge in [-0.15, -0.1) is 34.0 Å². The summed E-state index contributed by atoms with van der Waals surface area (Å²) in [6.45, 7) is 7.62. The zero-order chi connectivity index (χ0) is 13.2. The van der Waals surface area contributed by atoms with Crippen LogP contribution in [0.5, 0.6) is 0 Å². The van der Waals surface area contributed by atoms with Crippen LogP contribution in [0.25, 0.3) is 31.7 Å². The van der Waals surface area contributed by atoms with Gasteiger partial charge < -0.3 is 0 Å². The second-order valence-electron chi connectivity index (χ2n) is 3.98. The molecule has 0 saturated carbocycles. The smallest absolute Gasteiger partial charge is 0.0449 e. The number of hydrogen-bond acceptors (Lipinski definition) is 3. The van der Waals surface area contributed by atoms with Gasteiger partial charge in [0.25, 0.3) is 0 Å². The third-order valence-electron chi connectivity index (χ3n) is 2.75. The van der Waals surface area contributed by atoms with Crippen LogP contribution in [0, 0.1) is 0 Å². The van der Waals surface area contributed by atoms with Gasteiger partial charge in [0.2, 0.25) is 0 Å². The summed E-state index contributed by atoms with van der Waals surface area (Å²) in [5.41, 5.74) is 0. The maximum atomic E-state index is 3.81. The standard InChI is InChI=1S/C16H12S3/c1-3-11-5-7-13(17-11)15-9-10-16(19-15)14-8-6-12(4-2)18-14/h3-10H,1-2H2. The van der Waals surface area contributed by atoms with Crippen molar-refractivity contribution in [2.24, 2.45) is 0 Å². The minimum atomic E-state index is 1.22. The number of hydrogen-bond donors (Lipinski definition) is 0. The highest BCUT2D eigenvalue weighted by atomic mass is 32.1. The monoisotopic (exact) mass is 300 g/mol. The fourth-order valence-electron chi connectivity index (χ4n) is 1.79. The fourth-order valence-corrected chi connectivity index (χ4v) is 4.70. The van der Waals surface area contributed by atoms with E-state index in [9.17, 15) is 0 Å². The van der Waals surface area contributed by atoms with Crippen molar-refractivity contribution in [1.82, 2.24) is 0 Å². The molecule has 0 aliphatic carbocycles. The molecule has 0 aliphatic heterocycles. The summed E-state index contributed by atoms with van der Waals surface area (Å²) >= 11 is 5.41. The van der Waals surface area contributed by atoms with Gasteiger partial charge >= 0.3 is 0 Å². The van der Waals surface area contributed by atoms with Crippen LogP contribution in [0.3, 0.4) is 0 Å².